The third-order valence-electron chi connectivity index (χ3n) is 3.33. The van der Waals surface area contributed by atoms with E-state index in [4.69, 9.17) is 0 Å². The number of hydrogen-bond acceptors (Lipinski definition) is 3. The molecule has 0 atom stereocenters. The first-order valence-corrected chi connectivity index (χ1v) is 8.28. The molecule has 1 amide bonds. The van der Waals surface area contributed by atoms with Gasteiger partial charge in [0.1, 0.15) is 0 Å². The lowest BCUT2D eigenvalue weighted by Crippen LogP contribution is -2.14. The van der Waals surface area contributed by atoms with Crippen LogP contribution < -0.4 is 10.2 Å². The monoisotopic (exact) mass is 376 g/mol. The van der Waals surface area contributed by atoms with Gasteiger partial charge in [-0.3, -0.25) is 9.59 Å². The molecule has 22 heavy (non-hydrogen) atoms. The molecule has 0 spiro atoms. The summed E-state index contributed by atoms with van der Waals surface area (Å²) in [6, 6.07) is 13.2. The number of fused-ring (bicyclic) bond motifs is 1. The molecule has 0 fully saturated rings. The van der Waals surface area contributed by atoms with Crippen molar-refractivity contribution in [2.45, 2.75) is 6.42 Å². The van der Waals surface area contributed by atoms with Crippen molar-refractivity contribution in [1.82, 2.24) is 4.57 Å². The lowest BCUT2D eigenvalue weighted by atomic mass is 10.1. The van der Waals surface area contributed by atoms with Gasteiger partial charge in [0.05, 0.1) is 16.6 Å². The van der Waals surface area contributed by atoms with E-state index in [9.17, 15) is 9.59 Å². The molecule has 4 nitrogen and oxygen atoms in total. The van der Waals surface area contributed by atoms with E-state index in [-0.39, 0.29) is 10.8 Å². The van der Waals surface area contributed by atoms with Crippen LogP contribution in [-0.4, -0.2) is 10.5 Å². The molecular weight excluding hydrogens is 364 g/mol. The number of anilines is 1. The normalized spacial score (nSPS) is 10.8. The van der Waals surface area contributed by atoms with Crippen LogP contribution >= 0.6 is 27.3 Å². The molecule has 0 saturated carbocycles. The zero-order valence-electron chi connectivity index (χ0n) is 11.8. The number of thiazole rings is 1. The van der Waals surface area contributed by atoms with E-state index < -0.39 is 0 Å². The quantitative estimate of drug-likeness (QED) is 0.759. The minimum Gasteiger partial charge on any atom is -0.326 e. The maximum atomic E-state index is 12.1. The van der Waals surface area contributed by atoms with Crippen molar-refractivity contribution in [3.8, 4) is 0 Å². The first kappa shape index (κ1) is 15.0. The summed E-state index contributed by atoms with van der Waals surface area (Å²) in [5.74, 6) is -0.0827. The molecule has 2 aromatic carbocycles. The largest absolute Gasteiger partial charge is 0.326 e. The maximum absolute atomic E-state index is 12.1. The first-order valence-electron chi connectivity index (χ1n) is 6.67. The van der Waals surface area contributed by atoms with Gasteiger partial charge in [0.15, 0.2) is 0 Å². The molecule has 0 aliphatic carbocycles. The van der Waals surface area contributed by atoms with Crippen LogP contribution in [-0.2, 0) is 18.3 Å². The van der Waals surface area contributed by atoms with E-state index in [0.29, 0.717) is 12.1 Å². The summed E-state index contributed by atoms with van der Waals surface area (Å²) in [4.78, 5) is 23.7. The van der Waals surface area contributed by atoms with Crippen LogP contribution in [0.5, 0.6) is 0 Å². The number of amides is 1. The highest BCUT2D eigenvalue weighted by Crippen LogP contribution is 2.21. The van der Waals surface area contributed by atoms with Gasteiger partial charge in [-0.05, 0) is 35.9 Å². The Morgan fingerprint density at radius 3 is 2.86 bits per heavy atom. The summed E-state index contributed by atoms with van der Waals surface area (Å²) in [5.41, 5.74) is 2.52. The van der Waals surface area contributed by atoms with Gasteiger partial charge in [0.2, 0.25) is 5.91 Å². The van der Waals surface area contributed by atoms with Crippen molar-refractivity contribution in [2.75, 3.05) is 5.32 Å². The average Bonchev–Trinajstić information content (AvgIpc) is 2.73. The summed E-state index contributed by atoms with van der Waals surface area (Å²) in [5, 5.41) is 2.87. The minimum atomic E-state index is -0.0827. The lowest BCUT2D eigenvalue weighted by molar-refractivity contribution is -0.115. The number of halogens is 1. The van der Waals surface area contributed by atoms with Gasteiger partial charge >= 0.3 is 4.87 Å². The molecule has 6 heteroatoms. The standard InChI is InChI=1S/C16H13BrN2O2S/c1-19-13-6-5-12(9-14(13)22-16(19)21)18-15(20)8-10-3-2-4-11(17)7-10/h2-7,9H,8H2,1H3,(H,18,20). The smallest absolute Gasteiger partial charge is 0.307 e. The van der Waals surface area contributed by atoms with Crippen LogP contribution in [0.25, 0.3) is 10.2 Å². The Balaban J connectivity index is 1.78. The number of rotatable bonds is 3. The second-order valence-corrected chi connectivity index (χ2v) is 6.87. The number of nitrogens with zero attached hydrogens (tertiary/aromatic N) is 1. The molecule has 112 valence electrons. The number of benzene rings is 2. The predicted octanol–water partition coefficient (Wildman–Crippen LogP) is 3.54. The Kier molecular flexibility index (Phi) is 4.13. The second kappa shape index (κ2) is 6.06. The summed E-state index contributed by atoms with van der Waals surface area (Å²) in [6.45, 7) is 0. The summed E-state index contributed by atoms with van der Waals surface area (Å²) in [6.07, 6.45) is 0.308. The fourth-order valence-corrected chi connectivity index (χ4v) is 3.61. The molecule has 1 N–H and O–H groups in total. The highest BCUT2D eigenvalue weighted by atomic mass is 79.9. The molecule has 0 unspecified atom stereocenters. The molecule has 0 bridgehead atoms. The Labute approximate surface area is 139 Å². The summed E-state index contributed by atoms with van der Waals surface area (Å²) in [7, 11) is 1.74. The average molecular weight is 377 g/mol. The number of aryl methyl sites for hydroxylation is 1. The first-order chi connectivity index (χ1) is 10.5. The van der Waals surface area contributed by atoms with Crippen molar-refractivity contribution in [3.63, 3.8) is 0 Å². The topological polar surface area (TPSA) is 51.1 Å². The zero-order valence-corrected chi connectivity index (χ0v) is 14.2. The van der Waals surface area contributed by atoms with Crippen molar-refractivity contribution in [2.24, 2.45) is 7.05 Å². The van der Waals surface area contributed by atoms with Gasteiger partial charge in [-0.1, -0.05) is 39.4 Å². The van der Waals surface area contributed by atoms with Gasteiger partial charge in [-0.2, -0.15) is 0 Å². The van der Waals surface area contributed by atoms with Crippen LogP contribution in [0.1, 0.15) is 5.56 Å². The third-order valence-corrected chi connectivity index (χ3v) is 4.82. The third kappa shape index (κ3) is 3.13. The highest BCUT2D eigenvalue weighted by Gasteiger charge is 2.08. The number of nitrogens with one attached hydrogen (secondary N) is 1. The lowest BCUT2D eigenvalue weighted by Gasteiger charge is -2.06. The number of carbonyl (C=O) groups is 1. The van der Waals surface area contributed by atoms with Crippen LogP contribution in [0.2, 0.25) is 0 Å². The Hall–Kier alpha value is -1.92. The maximum Gasteiger partial charge on any atom is 0.307 e. The van der Waals surface area contributed by atoms with Crippen molar-refractivity contribution < 1.29 is 4.79 Å². The fraction of sp³-hybridized carbons (Fsp3) is 0.125. The van der Waals surface area contributed by atoms with Crippen LogP contribution in [0.15, 0.2) is 51.7 Å². The van der Waals surface area contributed by atoms with E-state index >= 15 is 0 Å². The Morgan fingerprint density at radius 2 is 2.09 bits per heavy atom. The fourth-order valence-electron chi connectivity index (χ4n) is 2.25. The second-order valence-electron chi connectivity index (χ2n) is 4.96. The van der Waals surface area contributed by atoms with Crippen LogP contribution in [0, 0.1) is 0 Å². The molecule has 1 heterocycles. The SMILES string of the molecule is Cn1c(=O)sc2cc(NC(=O)Cc3cccc(Br)c3)ccc21. The number of hydrogen-bond donors (Lipinski definition) is 1. The molecular formula is C16H13BrN2O2S. The van der Waals surface area contributed by atoms with Crippen LogP contribution in [0.4, 0.5) is 5.69 Å². The molecule has 0 aliphatic heterocycles. The number of aromatic nitrogens is 1. The van der Waals surface area contributed by atoms with Gasteiger partial charge < -0.3 is 9.88 Å². The Morgan fingerprint density at radius 1 is 1.27 bits per heavy atom. The Bertz CT molecular complexity index is 914. The van der Waals surface area contributed by atoms with Crippen molar-refractivity contribution in [1.29, 1.82) is 0 Å². The molecule has 0 saturated heterocycles. The van der Waals surface area contributed by atoms with Gasteiger partial charge in [0, 0.05) is 17.2 Å². The molecule has 0 aliphatic rings. The highest BCUT2D eigenvalue weighted by molar-refractivity contribution is 9.10. The summed E-state index contributed by atoms with van der Waals surface area (Å²) >= 11 is 4.57. The summed E-state index contributed by atoms with van der Waals surface area (Å²) < 4.78 is 3.42. The van der Waals surface area contributed by atoms with Gasteiger partial charge in [-0.25, -0.2) is 0 Å². The zero-order chi connectivity index (χ0) is 15.7. The van der Waals surface area contributed by atoms with E-state index in [1.807, 2.05) is 42.5 Å². The minimum absolute atomic E-state index is 0.00684. The van der Waals surface area contributed by atoms with Crippen molar-refractivity contribution in [3.05, 3.63) is 62.2 Å². The van der Waals surface area contributed by atoms with Crippen molar-refractivity contribution >= 4 is 49.1 Å². The molecule has 3 rings (SSSR count). The number of carbonyl (C=O) groups excluding carboxylic acids is 1. The van der Waals surface area contributed by atoms with E-state index in [1.54, 1.807) is 11.6 Å². The molecule has 1 aromatic heterocycles. The molecule has 3 aromatic rings. The van der Waals surface area contributed by atoms with E-state index in [2.05, 4.69) is 21.2 Å². The van der Waals surface area contributed by atoms with E-state index in [0.717, 1.165) is 20.3 Å². The van der Waals surface area contributed by atoms with Gasteiger partial charge in [-0.15, -0.1) is 0 Å². The predicted molar refractivity (Wildman–Crippen MR) is 93.5 cm³/mol. The van der Waals surface area contributed by atoms with Crippen LogP contribution in [0.3, 0.4) is 0 Å². The van der Waals surface area contributed by atoms with Gasteiger partial charge in [0.25, 0.3) is 0 Å². The molecule has 0 radical (unpaired) electrons. The van der Waals surface area contributed by atoms with E-state index in [1.165, 1.54) is 11.3 Å².